The molecule has 0 saturated heterocycles. The molecule has 2 amide bonds. The number of allylic oxidation sites excluding steroid dienone is 3. The van der Waals surface area contributed by atoms with Crippen LogP contribution in [0.15, 0.2) is 33.7 Å². The van der Waals surface area contributed by atoms with E-state index in [1.807, 2.05) is 0 Å². The molecule has 2 heterocycles. The third kappa shape index (κ3) is 2.68. The Labute approximate surface area is 131 Å². The van der Waals surface area contributed by atoms with Gasteiger partial charge in [0.15, 0.2) is 11.5 Å². The molecule has 0 atom stereocenters. The topological polar surface area (TPSA) is 144 Å². The summed E-state index contributed by atoms with van der Waals surface area (Å²) in [6, 6.07) is -0.770. The third-order valence-corrected chi connectivity index (χ3v) is 3.73. The van der Waals surface area contributed by atoms with Gasteiger partial charge in [-0.25, -0.2) is 14.5 Å². The fourth-order valence-corrected chi connectivity index (χ4v) is 2.67. The molecule has 1 aromatic heterocycles. The third-order valence-electron chi connectivity index (χ3n) is 3.73. The number of primary amides is 1. The van der Waals surface area contributed by atoms with Crippen LogP contribution < -0.4 is 22.3 Å². The first-order valence-electron chi connectivity index (χ1n) is 7.20. The van der Waals surface area contributed by atoms with Crippen molar-refractivity contribution in [3.8, 4) is 0 Å². The van der Waals surface area contributed by atoms with E-state index in [1.165, 1.54) is 18.2 Å². The summed E-state index contributed by atoms with van der Waals surface area (Å²) in [6.45, 7) is 1.28. The van der Waals surface area contributed by atoms with E-state index < -0.39 is 6.03 Å². The minimum Gasteiger partial charge on any atom is -0.382 e. The molecule has 0 bridgehead atoms. The number of amides is 2. The number of carbonyl (C=O) groups excluding carboxylic acids is 1. The highest BCUT2D eigenvalue weighted by atomic mass is 16.2. The summed E-state index contributed by atoms with van der Waals surface area (Å²) in [7, 11) is 0. The zero-order chi connectivity index (χ0) is 16.6. The number of rotatable bonds is 2. The Balaban J connectivity index is 2.07. The molecule has 0 spiro atoms. The summed E-state index contributed by atoms with van der Waals surface area (Å²) in [4.78, 5) is 27.9. The number of nitrogens with zero attached hydrogens (tertiary/aromatic N) is 3. The molecule has 2 aliphatic rings. The molecule has 1 aliphatic carbocycles. The van der Waals surface area contributed by atoms with E-state index in [0.717, 1.165) is 12.8 Å². The van der Waals surface area contributed by atoms with Crippen molar-refractivity contribution in [3.05, 3.63) is 34.3 Å². The number of fused-ring (bicyclic) bond motifs is 1. The fraction of sp³-hybridized carbons (Fsp3) is 0.286. The smallest absolute Gasteiger partial charge is 0.316 e. The minimum atomic E-state index is -0.770. The van der Waals surface area contributed by atoms with Crippen molar-refractivity contribution in [1.82, 2.24) is 14.7 Å². The van der Waals surface area contributed by atoms with Crippen molar-refractivity contribution in [2.75, 3.05) is 5.73 Å². The van der Waals surface area contributed by atoms with E-state index in [9.17, 15) is 9.59 Å². The number of urea groups is 1. The number of nitrogens with one attached hydrogen (secondary N) is 2. The van der Waals surface area contributed by atoms with E-state index in [1.54, 1.807) is 9.36 Å². The van der Waals surface area contributed by atoms with Gasteiger partial charge in [0.25, 0.3) is 5.56 Å². The molecule has 23 heavy (non-hydrogen) atoms. The lowest BCUT2D eigenvalue weighted by Crippen LogP contribution is -2.33. The summed E-state index contributed by atoms with van der Waals surface area (Å²) < 4.78 is 3.31. The first kappa shape index (κ1) is 14.8. The molecule has 0 radical (unpaired) electrons. The van der Waals surface area contributed by atoms with Gasteiger partial charge in [-0.3, -0.25) is 9.48 Å². The van der Waals surface area contributed by atoms with E-state index in [4.69, 9.17) is 16.9 Å². The minimum absolute atomic E-state index is 0.136. The number of carbonyl (C=O) groups is 1. The number of nitrogen functional groups attached to an aromatic ring is 1. The SMILES string of the molecule is N=C1C=C/C(=N/c2c(N)n3n(c2=O)CCCC3)C(NC(N)=O)=C1. The van der Waals surface area contributed by atoms with Gasteiger partial charge >= 0.3 is 6.03 Å². The first-order chi connectivity index (χ1) is 11.0. The van der Waals surface area contributed by atoms with Crippen LogP contribution in [0.2, 0.25) is 0 Å². The zero-order valence-corrected chi connectivity index (χ0v) is 12.4. The Bertz CT molecular complexity index is 838. The van der Waals surface area contributed by atoms with Crippen molar-refractivity contribution in [2.45, 2.75) is 25.9 Å². The lowest BCUT2D eigenvalue weighted by Gasteiger charge is -2.17. The van der Waals surface area contributed by atoms with Gasteiger partial charge in [-0.15, -0.1) is 0 Å². The number of hydrogen-bond donors (Lipinski definition) is 4. The van der Waals surface area contributed by atoms with Crippen LogP contribution in [0.5, 0.6) is 0 Å². The van der Waals surface area contributed by atoms with E-state index in [-0.39, 0.29) is 22.7 Å². The van der Waals surface area contributed by atoms with Crippen LogP contribution in [0.1, 0.15) is 12.8 Å². The Kier molecular flexibility index (Phi) is 3.61. The number of aliphatic imine (C=N–C) groups is 1. The van der Waals surface area contributed by atoms with Gasteiger partial charge in [0, 0.05) is 13.1 Å². The Morgan fingerprint density at radius 1 is 1.26 bits per heavy atom. The maximum Gasteiger partial charge on any atom is 0.316 e. The number of hydrogen-bond acceptors (Lipinski definition) is 5. The molecule has 9 heteroatoms. The highest BCUT2D eigenvalue weighted by molar-refractivity contribution is 6.21. The van der Waals surface area contributed by atoms with Crippen LogP contribution in [0.25, 0.3) is 0 Å². The van der Waals surface area contributed by atoms with Gasteiger partial charge < -0.3 is 22.2 Å². The highest BCUT2D eigenvalue weighted by Crippen LogP contribution is 2.23. The second-order valence-electron chi connectivity index (χ2n) is 5.33. The van der Waals surface area contributed by atoms with E-state index in [0.29, 0.717) is 24.6 Å². The number of aromatic nitrogens is 2. The van der Waals surface area contributed by atoms with Crippen molar-refractivity contribution in [1.29, 1.82) is 5.41 Å². The quantitative estimate of drug-likeness (QED) is 0.580. The van der Waals surface area contributed by atoms with Gasteiger partial charge in [-0.05, 0) is 31.1 Å². The summed E-state index contributed by atoms with van der Waals surface area (Å²) in [6.07, 6.45) is 6.33. The average molecular weight is 315 g/mol. The molecule has 0 saturated carbocycles. The maximum atomic E-state index is 12.5. The number of anilines is 1. The van der Waals surface area contributed by atoms with Gasteiger partial charge in [-0.1, -0.05) is 0 Å². The standard InChI is InChI=1S/C14H17N7O2/c15-8-3-4-9(10(7-8)19-14(17)23)18-11-12(16)20-5-1-2-6-21(20)13(11)22/h3-4,7,15H,1-2,5-6,16H2,(H3,17,19,23)/b15-8?,18-9-. The molecular weight excluding hydrogens is 298 g/mol. The molecule has 3 rings (SSSR count). The molecule has 0 fully saturated rings. The molecule has 1 aromatic rings. The van der Waals surface area contributed by atoms with Gasteiger partial charge in [-0.2, -0.15) is 0 Å². The molecule has 0 unspecified atom stereocenters. The van der Waals surface area contributed by atoms with Crippen LogP contribution in [-0.4, -0.2) is 26.8 Å². The molecule has 9 nitrogen and oxygen atoms in total. The van der Waals surface area contributed by atoms with Crippen molar-refractivity contribution < 1.29 is 4.79 Å². The second kappa shape index (κ2) is 5.59. The van der Waals surface area contributed by atoms with Crippen LogP contribution in [0, 0.1) is 5.41 Å². The molecule has 0 aromatic carbocycles. The molecule has 6 N–H and O–H groups in total. The molecular formula is C14H17N7O2. The number of nitrogens with two attached hydrogens (primary N) is 2. The lowest BCUT2D eigenvalue weighted by atomic mass is 10.1. The largest absolute Gasteiger partial charge is 0.382 e. The van der Waals surface area contributed by atoms with Gasteiger partial charge in [0.2, 0.25) is 0 Å². The molecule has 1 aliphatic heterocycles. The fourth-order valence-electron chi connectivity index (χ4n) is 2.67. The Morgan fingerprint density at radius 3 is 2.61 bits per heavy atom. The summed E-state index contributed by atoms with van der Waals surface area (Å²) in [5, 5.41) is 10.0. The molecule has 120 valence electrons. The van der Waals surface area contributed by atoms with Crippen LogP contribution in [-0.2, 0) is 13.1 Å². The first-order valence-corrected chi connectivity index (χ1v) is 7.20. The summed E-state index contributed by atoms with van der Waals surface area (Å²) in [5.41, 5.74) is 11.8. The maximum absolute atomic E-state index is 12.5. The monoisotopic (exact) mass is 315 g/mol. The van der Waals surface area contributed by atoms with E-state index >= 15 is 0 Å². The zero-order valence-electron chi connectivity index (χ0n) is 12.4. The van der Waals surface area contributed by atoms with Gasteiger partial charge in [0.05, 0.1) is 17.1 Å². The van der Waals surface area contributed by atoms with Crippen molar-refractivity contribution in [3.63, 3.8) is 0 Å². The summed E-state index contributed by atoms with van der Waals surface area (Å²) >= 11 is 0. The van der Waals surface area contributed by atoms with E-state index in [2.05, 4.69) is 10.3 Å². The van der Waals surface area contributed by atoms with Crippen molar-refractivity contribution >= 4 is 29.0 Å². The van der Waals surface area contributed by atoms with Crippen LogP contribution >= 0.6 is 0 Å². The predicted molar refractivity (Wildman–Crippen MR) is 87.1 cm³/mol. The average Bonchev–Trinajstić information content (AvgIpc) is 2.75. The Morgan fingerprint density at radius 2 is 1.96 bits per heavy atom. The summed E-state index contributed by atoms with van der Waals surface area (Å²) in [5.74, 6) is 0.301. The van der Waals surface area contributed by atoms with Crippen LogP contribution in [0.3, 0.4) is 0 Å². The highest BCUT2D eigenvalue weighted by Gasteiger charge is 2.21. The second-order valence-corrected chi connectivity index (χ2v) is 5.33. The Hall–Kier alpha value is -3.10. The van der Waals surface area contributed by atoms with Crippen LogP contribution in [0.4, 0.5) is 16.3 Å². The van der Waals surface area contributed by atoms with Gasteiger partial charge in [0.1, 0.15) is 0 Å². The lowest BCUT2D eigenvalue weighted by molar-refractivity contribution is 0.251. The normalized spacial score (nSPS) is 18.7. The predicted octanol–water partition coefficient (Wildman–Crippen LogP) is 0.240. The van der Waals surface area contributed by atoms with Crippen molar-refractivity contribution in [2.24, 2.45) is 10.7 Å².